The van der Waals surface area contributed by atoms with Crippen molar-refractivity contribution in [2.75, 3.05) is 0 Å². The van der Waals surface area contributed by atoms with Gasteiger partial charge in [0.1, 0.15) is 0 Å². The third-order valence-electron chi connectivity index (χ3n) is 2.27. The van der Waals surface area contributed by atoms with Gasteiger partial charge in [-0.1, -0.05) is 0 Å². The van der Waals surface area contributed by atoms with Crippen molar-refractivity contribution in [3.63, 3.8) is 0 Å². The van der Waals surface area contributed by atoms with Crippen molar-refractivity contribution in [1.82, 2.24) is 0 Å². The van der Waals surface area contributed by atoms with Gasteiger partial charge in [-0.25, -0.2) is 0 Å². The summed E-state index contributed by atoms with van der Waals surface area (Å²) in [6, 6.07) is 3.08. The molecule has 0 aliphatic rings. The van der Waals surface area contributed by atoms with E-state index >= 15 is 0 Å². The van der Waals surface area contributed by atoms with Gasteiger partial charge in [-0.2, -0.15) is 0 Å². The Morgan fingerprint density at radius 2 is 1.35 bits per heavy atom. The molecule has 0 saturated heterocycles. The Hall–Kier alpha value is -0.420. The minimum absolute atomic E-state index is 0. The van der Waals surface area contributed by atoms with Crippen LogP contribution in [0.3, 0.4) is 0 Å². The first-order chi connectivity index (χ1) is 7.36. The molecule has 0 N–H and O–H groups in total. The van der Waals surface area contributed by atoms with E-state index in [0.717, 1.165) is 0 Å². The van der Waals surface area contributed by atoms with E-state index < -0.39 is 0 Å². The molecule has 0 atom stereocenters. The van der Waals surface area contributed by atoms with Crippen LogP contribution < -0.4 is 0 Å². The molecule has 0 aliphatic heterocycles. The third kappa shape index (κ3) is 3.52. The number of ketones is 3. The van der Waals surface area contributed by atoms with E-state index in [2.05, 4.69) is 12.6 Å². The SMILES string of the molecule is CC(=O)c1ccc(S)c(C(C)=O)c1C(C)=O.[NaH]. The molecule has 5 heteroatoms. The van der Waals surface area contributed by atoms with Gasteiger partial charge in [0, 0.05) is 21.6 Å². The van der Waals surface area contributed by atoms with Gasteiger partial charge in [0.2, 0.25) is 0 Å². The van der Waals surface area contributed by atoms with Crippen LogP contribution in [0, 0.1) is 0 Å². The van der Waals surface area contributed by atoms with E-state index in [9.17, 15) is 14.4 Å². The van der Waals surface area contributed by atoms with Crippen LogP contribution >= 0.6 is 12.6 Å². The summed E-state index contributed by atoms with van der Waals surface area (Å²) in [5.74, 6) is -0.800. The zero-order valence-electron chi connectivity index (χ0n) is 9.33. The Morgan fingerprint density at radius 1 is 0.882 bits per heavy atom. The number of hydrogen-bond acceptors (Lipinski definition) is 4. The van der Waals surface area contributed by atoms with Gasteiger partial charge < -0.3 is 0 Å². The normalized spacial score (nSPS) is 9.41. The van der Waals surface area contributed by atoms with Crippen LogP contribution in [0.25, 0.3) is 0 Å². The quantitative estimate of drug-likeness (QED) is 0.513. The molecule has 1 aromatic rings. The van der Waals surface area contributed by atoms with Crippen molar-refractivity contribution in [3.8, 4) is 0 Å². The Kier molecular flexibility index (Phi) is 6.34. The molecule has 0 fully saturated rings. The molecule has 0 aliphatic carbocycles. The van der Waals surface area contributed by atoms with Gasteiger partial charge in [-0.3, -0.25) is 14.4 Å². The van der Waals surface area contributed by atoms with Crippen LogP contribution in [0.4, 0.5) is 0 Å². The van der Waals surface area contributed by atoms with Crippen molar-refractivity contribution in [1.29, 1.82) is 0 Å². The molecular weight excluding hydrogens is 247 g/mol. The number of benzene rings is 1. The predicted octanol–water partition coefficient (Wildman–Crippen LogP) is 1.93. The number of rotatable bonds is 3. The number of hydrogen-bond donors (Lipinski definition) is 1. The summed E-state index contributed by atoms with van der Waals surface area (Å²) < 4.78 is 0. The molecule has 0 radical (unpaired) electrons. The molecule has 1 rings (SSSR count). The fraction of sp³-hybridized carbons (Fsp3) is 0.250. The Morgan fingerprint density at radius 3 is 1.71 bits per heavy atom. The van der Waals surface area contributed by atoms with Crippen LogP contribution in [-0.4, -0.2) is 46.9 Å². The van der Waals surface area contributed by atoms with Crippen LogP contribution in [0.2, 0.25) is 0 Å². The average molecular weight is 260 g/mol. The van der Waals surface area contributed by atoms with Gasteiger partial charge in [0.15, 0.2) is 17.3 Å². The predicted molar refractivity (Wildman–Crippen MR) is 70.9 cm³/mol. The van der Waals surface area contributed by atoms with Crippen molar-refractivity contribution >= 4 is 59.5 Å². The van der Waals surface area contributed by atoms with E-state index in [1.807, 2.05) is 0 Å². The van der Waals surface area contributed by atoms with Crippen molar-refractivity contribution in [2.24, 2.45) is 0 Å². The van der Waals surface area contributed by atoms with Crippen LogP contribution in [0.1, 0.15) is 51.8 Å². The van der Waals surface area contributed by atoms with Gasteiger partial charge in [-0.15, -0.1) is 12.6 Å². The summed E-state index contributed by atoms with van der Waals surface area (Å²) in [5, 5.41) is 0. The summed E-state index contributed by atoms with van der Waals surface area (Å²) in [6.45, 7) is 4.05. The molecule has 17 heavy (non-hydrogen) atoms. The molecule has 0 unspecified atom stereocenters. The fourth-order valence-electron chi connectivity index (χ4n) is 1.61. The van der Waals surface area contributed by atoms with Gasteiger partial charge in [0.05, 0.1) is 0 Å². The number of thiol groups is 1. The second-order valence-corrected chi connectivity index (χ2v) is 4.03. The number of carbonyl (C=O) groups excluding carboxylic acids is 3. The second-order valence-electron chi connectivity index (χ2n) is 3.55. The Bertz CT molecular complexity index is 495. The summed E-state index contributed by atoms with van der Waals surface area (Å²) in [5.41, 5.74) is 0.673. The Balaban J connectivity index is 0.00000256. The molecule has 1 aromatic carbocycles. The van der Waals surface area contributed by atoms with Gasteiger partial charge >= 0.3 is 29.6 Å². The first-order valence-corrected chi connectivity index (χ1v) is 5.19. The minimum atomic E-state index is -0.300. The molecule has 86 valence electrons. The zero-order chi connectivity index (χ0) is 12.5. The maximum atomic E-state index is 11.5. The van der Waals surface area contributed by atoms with Crippen molar-refractivity contribution in [3.05, 3.63) is 28.8 Å². The second kappa shape index (κ2) is 6.50. The molecule has 0 saturated carbocycles. The van der Waals surface area contributed by atoms with E-state index in [4.69, 9.17) is 0 Å². The Labute approximate surface area is 128 Å². The van der Waals surface area contributed by atoms with Crippen LogP contribution in [-0.2, 0) is 0 Å². The van der Waals surface area contributed by atoms with E-state index in [-0.39, 0.29) is 63.6 Å². The average Bonchev–Trinajstić information content (AvgIpc) is 2.15. The summed E-state index contributed by atoms with van der Waals surface area (Å²) in [4.78, 5) is 34.8. The van der Waals surface area contributed by atoms with Crippen LogP contribution in [0.15, 0.2) is 17.0 Å². The van der Waals surface area contributed by atoms with Crippen molar-refractivity contribution < 1.29 is 14.4 Å². The van der Waals surface area contributed by atoms with E-state index in [0.29, 0.717) is 4.90 Å². The fourth-order valence-corrected chi connectivity index (χ4v) is 1.95. The molecular formula is C12H13NaO3S. The zero-order valence-corrected chi connectivity index (χ0v) is 10.2. The third-order valence-corrected chi connectivity index (χ3v) is 2.64. The summed E-state index contributed by atoms with van der Waals surface area (Å²) in [6.07, 6.45) is 0. The molecule has 0 heterocycles. The summed E-state index contributed by atoms with van der Waals surface area (Å²) in [7, 11) is 0. The van der Waals surface area contributed by atoms with Gasteiger partial charge in [-0.05, 0) is 32.9 Å². The summed E-state index contributed by atoms with van der Waals surface area (Å²) >= 11 is 4.13. The molecule has 3 nitrogen and oxygen atoms in total. The van der Waals surface area contributed by atoms with Crippen LogP contribution in [0.5, 0.6) is 0 Å². The molecule has 0 spiro atoms. The number of Topliss-reactive ketones (excluding diaryl/α,β-unsaturated/α-hetero) is 3. The van der Waals surface area contributed by atoms with E-state index in [1.54, 1.807) is 6.07 Å². The van der Waals surface area contributed by atoms with Gasteiger partial charge in [0.25, 0.3) is 0 Å². The maximum absolute atomic E-state index is 11.5. The molecule has 0 bridgehead atoms. The number of carbonyl (C=O) groups is 3. The monoisotopic (exact) mass is 260 g/mol. The first kappa shape index (κ1) is 16.6. The molecule has 0 amide bonds. The first-order valence-electron chi connectivity index (χ1n) is 4.75. The standard InChI is InChI=1S/C12H12O3S.Na.H/c1-6(13)9-4-5-10(16)12(8(3)15)11(9)7(2)14;;/h4-5,16H,1-3H3;;. The molecule has 0 aromatic heterocycles. The van der Waals surface area contributed by atoms with Crippen molar-refractivity contribution in [2.45, 2.75) is 25.7 Å². The topological polar surface area (TPSA) is 51.2 Å². The van der Waals surface area contributed by atoms with E-state index in [1.165, 1.54) is 26.8 Å².